The van der Waals surface area contributed by atoms with Crippen molar-refractivity contribution in [1.82, 2.24) is 10.3 Å². The quantitative estimate of drug-likeness (QED) is 0.755. The maximum atomic E-state index is 11.8. The number of hydrogen-bond acceptors (Lipinski definition) is 5. The summed E-state index contributed by atoms with van der Waals surface area (Å²) in [4.78, 5) is 15.8. The maximum Gasteiger partial charge on any atom is 0.224 e. The molecule has 22 heavy (non-hydrogen) atoms. The number of nitrogens with two attached hydrogens (primary N) is 1. The molecule has 0 saturated carbocycles. The summed E-state index contributed by atoms with van der Waals surface area (Å²) in [5, 5.41) is 2.78. The van der Waals surface area contributed by atoms with Gasteiger partial charge in [-0.3, -0.25) is 4.79 Å². The fourth-order valence-corrected chi connectivity index (χ4v) is 1.93. The van der Waals surface area contributed by atoms with Crippen LogP contribution >= 0.6 is 0 Å². The predicted molar refractivity (Wildman–Crippen MR) is 83.9 cm³/mol. The van der Waals surface area contributed by atoms with Crippen LogP contribution in [0.1, 0.15) is 5.56 Å². The molecule has 2 aromatic rings. The van der Waals surface area contributed by atoms with Crippen molar-refractivity contribution in [1.29, 1.82) is 0 Å². The molecule has 0 atom stereocenters. The average Bonchev–Trinajstić information content (AvgIpc) is 2.54. The van der Waals surface area contributed by atoms with Gasteiger partial charge in [0.2, 0.25) is 5.91 Å². The standard InChI is InChI=1S/C16H19N3O3/c1-21-13-6-2-3-7-14(13)22-10-9-18-15(20)11-12-5-4-8-19-16(12)17/h2-8H,9-11H2,1H3,(H2,17,19)(H,18,20). The van der Waals surface area contributed by atoms with Crippen LogP contribution in [0.4, 0.5) is 5.82 Å². The second kappa shape index (κ2) is 7.87. The monoisotopic (exact) mass is 301 g/mol. The molecule has 1 amide bonds. The summed E-state index contributed by atoms with van der Waals surface area (Å²) >= 11 is 0. The highest BCUT2D eigenvalue weighted by Crippen LogP contribution is 2.25. The molecule has 0 saturated heterocycles. The number of hydrogen-bond donors (Lipinski definition) is 2. The Kier molecular flexibility index (Phi) is 5.59. The summed E-state index contributed by atoms with van der Waals surface area (Å²) in [7, 11) is 1.59. The first-order chi connectivity index (χ1) is 10.7. The Hall–Kier alpha value is -2.76. The second-order valence-electron chi connectivity index (χ2n) is 4.57. The fraction of sp³-hybridized carbons (Fsp3) is 0.250. The average molecular weight is 301 g/mol. The molecule has 0 aliphatic carbocycles. The molecule has 1 aromatic heterocycles. The summed E-state index contributed by atoms with van der Waals surface area (Å²) in [5.74, 6) is 1.57. The highest BCUT2D eigenvalue weighted by atomic mass is 16.5. The van der Waals surface area contributed by atoms with Gasteiger partial charge in [-0.25, -0.2) is 4.98 Å². The van der Waals surface area contributed by atoms with E-state index in [2.05, 4.69) is 10.3 Å². The number of pyridine rings is 1. The zero-order chi connectivity index (χ0) is 15.8. The number of amides is 1. The van der Waals surface area contributed by atoms with E-state index in [9.17, 15) is 4.79 Å². The normalized spacial score (nSPS) is 10.0. The maximum absolute atomic E-state index is 11.8. The van der Waals surface area contributed by atoms with Crippen molar-refractivity contribution in [2.24, 2.45) is 0 Å². The van der Waals surface area contributed by atoms with Crippen LogP contribution in [0.5, 0.6) is 11.5 Å². The van der Waals surface area contributed by atoms with Crippen molar-refractivity contribution in [3.8, 4) is 11.5 Å². The zero-order valence-corrected chi connectivity index (χ0v) is 12.4. The van der Waals surface area contributed by atoms with E-state index in [4.69, 9.17) is 15.2 Å². The van der Waals surface area contributed by atoms with Gasteiger partial charge in [0, 0.05) is 11.8 Å². The van der Waals surface area contributed by atoms with Crippen molar-refractivity contribution in [2.75, 3.05) is 26.0 Å². The topological polar surface area (TPSA) is 86.5 Å². The number of methoxy groups -OCH3 is 1. The Morgan fingerprint density at radius 3 is 2.73 bits per heavy atom. The minimum atomic E-state index is -0.122. The molecule has 1 heterocycles. The number of anilines is 1. The second-order valence-corrected chi connectivity index (χ2v) is 4.57. The predicted octanol–water partition coefficient (Wildman–Crippen LogP) is 1.41. The highest BCUT2D eigenvalue weighted by Gasteiger charge is 2.07. The van der Waals surface area contributed by atoms with Gasteiger partial charge in [0.1, 0.15) is 12.4 Å². The van der Waals surface area contributed by atoms with Gasteiger partial charge in [-0.05, 0) is 18.2 Å². The van der Waals surface area contributed by atoms with E-state index >= 15 is 0 Å². The van der Waals surface area contributed by atoms with Gasteiger partial charge in [-0.2, -0.15) is 0 Å². The van der Waals surface area contributed by atoms with Crippen LogP contribution < -0.4 is 20.5 Å². The van der Waals surface area contributed by atoms with Crippen LogP contribution in [0.3, 0.4) is 0 Å². The third-order valence-corrected chi connectivity index (χ3v) is 3.03. The number of nitrogens with one attached hydrogen (secondary N) is 1. The van der Waals surface area contributed by atoms with E-state index in [-0.39, 0.29) is 12.3 Å². The molecule has 0 aliphatic heterocycles. The summed E-state index contributed by atoms with van der Waals surface area (Å²) in [5.41, 5.74) is 6.42. The molecule has 2 rings (SSSR count). The Bertz CT molecular complexity index is 632. The minimum absolute atomic E-state index is 0.122. The van der Waals surface area contributed by atoms with Crippen molar-refractivity contribution in [3.05, 3.63) is 48.2 Å². The number of nitrogen functional groups attached to an aromatic ring is 1. The van der Waals surface area contributed by atoms with Crippen molar-refractivity contribution in [3.63, 3.8) is 0 Å². The molecule has 3 N–H and O–H groups in total. The van der Waals surface area contributed by atoms with Crippen LogP contribution in [0.2, 0.25) is 0 Å². The number of para-hydroxylation sites is 2. The summed E-state index contributed by atoms with van der Waals surface area (Å²) in [6.45, 7) is 0.756. The van der Waals surface area contributed by atoms with Gasteiger partial charge >= 0.3 is 0 Å². The van der Waals surface area contributed by atoms with Crippen LogP contribution in [0.25, 0.3) is 0 Å². The molecule has 1 aromatic carbocycles. The molecule has 116 valence electrons. The summed E-state index contributed by atoms with van der Waals surface area (Å²) in [6, 6.07) is 10.9. The van der Waals surface area contributed by atoms with Gasteiger partial charge in [0.15, 0.2) is 11.5 Å². The molecule has 6 heteroatoms. The number of carbonyl (C=O) groups is 1. The Balaban J connectivity index is 1.75. The van der Waals surface area contributed by atoms with Crippen LogP contribution in [-0.4, -0.2) is 31.2 Å². The first-order valence-corrected chi connectivity index (χ1v) is 6.92. The van der Waals surface area contributed by atoms with Crippen molar-refractivity contribution < 1.29 is 14.3 Å². The number of ether oxygens (including phenoxy) is 2. The van der Waals surface area contributed by atoms with E-state index in [0.29, 0.717) is 36.0 Å². The van der Waals surface area contributed by atoms with Crippen LogP contribution in [0, 0.1) is 0 Å². The molecular weight excluding hydrogens is 282 g/mol. The third-order valence-electron chi connectivity index (χ3n) is 3.03. The van der Waals surface area contributed by atoms with Gasteiger partial charge in [0.05, 0.1) is 20.1 Å². The molecule has 0 aliphatic rings. The minimum Gasteiger partial charge on any atom is -0.493 e. The van der Waals surface area contributed by atoms with E-state index in [0.717, 1.165) is 0 Å². The van der Waals surface area contributed by atoms with Gasteiger partial charge < -0.3 is 20.5 Å². The lowest BCUT2D eigenvalue weighted by molar-refractivity contribution is -0.120. The highest BCUT2D eigenvalue weighted by molar-refractivity contribution is 5.79. The molecule has 0 fully saturated rings. The lowest BCUT2D eigenvalue weighted by Crippen LogP contribution is -2.29. The van der Waals surface area contributed by atoms with E-state index in [1.165, 1.54) is 0 Å². The van der Waals surface area contributed by atoms with Gasteiger partial charge in [-0.15, -0.1) is 0 Å². The Labute approximate surface area is 129 Å². The Morgan fingerprint density at radius 1 is 1.23 bits per heavy atom. The number of benzene rings is 1. The molecule has 6 nitrogen and oxygen atoms in total. The fourth-order valence-electron chi connectivity index (χ4n) is 1.93. The summed E-state index contributed by atoms with van der Waals surface area (Å²) < 4.78 is 10.8. The lowest BCUT2D eigenvalue weighted by Gasteiger charge is -2.11. The van der Waals surface area contributed by atoms with Crippen LogP contribution in [-0.2, 0) is 11.2 Å². The number of carbonyl (C=O) groups excluding carboxylic acids is 1. The smallest absolute Gasteiger partial charge is 0.224 e. The van der Waals surface area contributed by atoms with Crippen LogP contribution in [0.15, 0.2) is 42.6 Å². The van der Waals surface area contributed by atoms with Crippen molar-refractivity contribution in [2.45, 2.75) is 6.42 Å². The first kappa shape index (κ1) is 15.6. The van der Waals surface area contributed by atoms with Gasteiger partial charge in [-0.1, -0.05) is 18.2 Å². The molecule has 0 unspecified atom stereocenters. The molecule has 0 radical (unpaired) electrons. The molecule has 0 bridgehead atoms. The number of rotatable bonds is 7. The SMILES string of the molecule is COc1ccccc1OCCNC(=O)Cc1cccnc1N. The first-order valence-electron chi connectivity index (χ1n) is 6.92. The largest absolute Gasteiger partial charge is 0.493 e. The van der Waals surface area contributed by atoms with E-state index in [1.54, 1.807) is 25.4 Å². The lowest BCUT2D eigenvalue weighted by atomic mass is 10.2. The molecular formula is C16H19N3O3. The van der Waals surface area contributed by atoms with E-state index in [1.807, 2.05) is 24.3 Å². The van der Waals surface area contributed by atoms with E-state index < -0.39 is 0 Å². The molecule has 0 spiro atoms. The third kappa shape index (κ3) is 4.37. The van der Waals surface area contributed by atoms with Gasteiger partial charge in [0.25, 0.3) is 0 Å². The number of nitrogens with zero attached hydrogens (tertiary/aromatic N) is 1. The zero-order valence-electron chi connectivity index (χ0n) is 12.4. The number of aromatic nitrogens is 1. The van der Waals surface area contributed by atoms with Crippen molar-refractivity contribution >= 4 is 11.7 Å². The summed E-state index contributed by atoms with van der Waals surface area (Å²) in [6.07, 6.45) is 1.80. The Morgan fingerprint density at radius 2 is 2.00 bits per heavy atom.